The summed E-state index contributed by atoms with van der Waals surface area (Å²) in [6.07, 6.45) is 0. The third-order valence-corrected chi connectivity index (χ3v) is 2.68. The number of hydrogen-bond acceptors (Lipinski definition) is 4. The van der Waals surface area contributed by atoms with Crippen LogP contribution < -0.4 is 5.32 Å². The lowest BCUT2D eigenvalue weighted by Crippen LogP contribution is -2.11. The molecule has 0 aliphatic carbocycles. The minimum absolute atomic E-state index is 0.0147. The highest BCUT2D eigenvalue weighted by Gasteiger charge is 2.12. The van der Waals surface area contributed by atoms with Gasteiger partial charge in [-0.25, -0.2) is 0 Å². The summed E-state index contributed by atoms with van der Waals surface area (Å²) in [5.74, 6) is 4.41. The van der Waals surface area contributed by atoms with Crippen LogP contribution in [0.15, 0.2) is 42.5 Å². The molecule has 0 aliphatic heterocycles. The van der Waals surface area contributed by atoms with Crippen LogP contribution in [-0.2, 0) is 0 Å². The molecular formula is C16H13NO4. The Labute approximate surface area is 121 Å². The minimum Gasteiger partial charge on any atom is -0.508 e. The maximum atomic E-state index is 12.0. The van der Waals surface area contributed by atoms with E-state index in [1.165, 1.54) is 18.2 Å². The predicted octanol–water partition coefficient (Wildman–Crippen LogP) is 1.69. The molecule has 1 amide bonds. The molecule has 0 atom stereocenters. The van der Waals surface area contributed by atoms with Gasteiger partial charge >= 0.3 is 0 Å². The van der Waals surface area contributed by atoms with Gasteiger partial charge in [-0.2, -0.15) is 0 Å². The van der Waals surface area contributed by atoms with Crippen molar-refractivity contribution in [3.8, 4) is 23.3 Å². The molecule has 21 heavy (non-hydrogen) atoms. The van der Waals surface area contributed by atoms with Crippen molar-refractivity contribution in [3.05, 3.63) is 53.6 Å². The molecule has 0 saturated heterocycles. The maximum Gasteiger partial charge on any atom is 0.259 e. The number of benzene rings is 2. The summed E-state index contributed by atoms with van der Waals surface area (Å²) in [6, 6.07) is 10.4. The molecular weight excluding hydrogens is 270 g/mol. The first kappa shape index (κ1) is 14.4. The van der Waals surface area contributed by atoms with E-state index >= 15 is 0 Å². The van der Waals surface area contributed by atoms with E-state index in [9.17, 15) is 15.0 Å². The number of anilines is 1. The lowest BCUT2D eigenvalue weighted by atomic mass is 10.1. The number of aliphatic hydroxyl groups is 1. The number of phenolic OH excluding ortho intramolecular Hbond substituents is 2. The van der Waals surface area contributed by atoms with E-state index in [2.05, 4.69) is 17.2 Å². The Hall–Kier alpha value is -2.97. The van der Waals surface area contributed by atoms with E-state index in [0.717, 1.165) is 0 Å². The zero-order valence-corrected chi connectivity index (χ0v) is 11.0. The maximum absolute atomic E-state index is 12.0. The molecule has 0 fully saturated rings. The van der Waals surface area contributed by atoms with Crippen molar-refractivity contribution in [1.82, 2.24) is 0 Å². The fourth-order valence-electron chi connectivity index (χ4n) is 1.68. The van der Waals surface area contributed by atoms with E-state index < -0.39 is 5.91 Å². The van der Waals surface area contributed by atoms with Crippen LogP contribution in [-0.4, -0.2) is 27.8 Å². The summed E-state index contributed by atoms with van der Waals surface area (Å²) in [6.45, 7) is -0.213. The van der Waals surface area contributed by atoms with E-state index in [0.29, 0.717) is 11.3 Å². The van der Waals surface area contributed by atoms with Crippen molar-refractivity contribution in [2.45, 2.75) is 0 Å². The topological polar surface area (TPSA) is 89.8 Å². The molecule has 0 aromatic heterocycles. The Bertz CT molecular complexity index is 711. The molecule has 5 heteroatoms. The Morgan fingerprint density at radius 1 is 1.10 bits per heavy atom. The average Bonchev–Trinajstić information content (AvgIpc) is 2.49. The standard InChI is InChI=1S/C16H13NO4/c18-9-1-2-11-3-5-12(6-4-11)17-16(21)14-10-13(19)7-8-15(14)20/h3-8,10,18-20H,9H2,(H,17,21). The monoisotopic (exact) mass is 283 g/mol. The van der Waals surface area contributed by atoms with Crippen LogP contribution in [0.5, 0.6) is 11.5 Å². The lowest BCUT2D eigenvalue weighted by Gasteiger charge is -2.07. The number of amides is 1. The summed E-state index contributed by atoms with van der Waals surface area (Å²) in [4.78, 5) is 12.0. The smallest absolute Gasteiger partial charge is 0.259 e. The first-order chi connectivity index (χ1) is 10.1. The molecule has 0 radical (unpaired) electrons. The van der Waals surface area contributed by atoms with Crippen LogP contribution in [0.25, 0.3) is 0 Å². The van der Waals surface area contributed by atoms with Crippen molar-refractivity contribution in [2.24, 2.45) is 0 Å². The van der Waals surface area contributed by atoms with Crippen LogP contribution in [0.2, 0.25) is 0 Å². The fraction of sp³-hybridized carbons (Fsp3) is 0.0625. The second-order valence-corrected chi connectivity index (χ2v) is 4.19. The summed E-state index contributed by atoms with van der Waals surface area (Å²) in [5, 5.41) is 30.2. The van der Waals surface area contributed by atoms with Crippen LogP contribution in [0.3, 0.4) is 0 Å². The zero-order chi connectivity index (χ0) is 15.2. The third kappa shape index (κ3) is 3.75. The Morgan fingerprint density at radius 2 is 1.81 bits per heavy atom. The Morgan fingerprint density at radius 3 is 2.48 bits per heavy atom. The summed E-state index contributed by atoms with van der Waals surface area (Å²) in [7, 11) is 0. The molecule has 2 aromatic rings. The minimum atomic E-state index is -0.530. The van der Waals surface area contributed by atoms with Crippen molar-refractivity contribution in [2.75, 3.05) is 11.9 Å². The molecule has 0 unspecified atom stereocenters. The van der Waals surface area contributed by atoms with Gasteiger partial charge in [-0.3, -0.25) is 4.79 Å². The lowest BCUT2D eigenvalue weighted by molar-refractivity contribution is 0.102. The average molecular weight is 283 g/mol. The van der Waals surface area contributed by atoms with Crippen LogP contribution in [0.1, 0.15) is 15.9 Å². The van der Waals surface area contributed by atoms with Crippen molar-refractivity contribution in [1.29, 1.82) is 0 Å². The second kappa shape index (κ2) is 6.46. The second-order valence-electron chi connectivity index (χ2n) is 4.19. The highest BCUT2D eigenvalue weighted by molar-refractivity contribution is 6.06. The first-order valence-electron chi connectivity index (χ1n) is 6.13. The predicted molar refractivity (Wildman–Crippen MR) is 78.1 cm³/mol. The van der Waals surface area contributed by atoms with Crippen molar-refractivity contribution in [3.63, 3.8) is 0 Å². The van der Waals surface area contributed by atoms with Crippen molar-refractivity contribution >= 4 is 11.6 Å². The molecule has 0 heterocycles. The van der Waals surface area contributed by atoms with Gasteiger partial charge in [-0.1, -0.05) is 11.8 Å². The number of nitrogens with one attached hydrogen (secondary N) is 1. The quantitative estimate of drug-likeness (QED) is 0.499. The van der Waals surface area contributed by atoms with Gasteiger partial charge < -0.3 is 20.6 Å². The van der Waals surface area contributed by atoms with Crippen LogP contribution in [0.4, 0.5) is 5.69 Å². The van der Waals surface area contributed by atoms with Gasteiger partial charge in [0.15, 0.2) is 0 Å². The fourth-order valence-corrected chi connectivity index (χ4v) is 1.68. The summed E-state index contributed by atoms with van der Waals surface area (Å²) in [5.41, 5.74) is 1.22. The molecule has 4 N–H and O–H groups in total. The van der Waals surface area contributed by atoms with Crippen molar-refractivity contribution < 1.29 is 20.1 Å². The van der Waals surface area contributed by atoms with Crippen LogP contribution in [0, 0.1) is 11.8 Å². The molecule has 2 rings (SSSR count). The summed E-state index contributed by atoms with van der Waals surface area (Å²) >= 11 is 0. The van der Waals surface area contributed by atoms with Gasteiger partial charge in [0.05, 0.1) is 5.56 Å². The van der Waals surface area contributed by atoms with E-state index in [-0.39, 0.29) is 23.7 Å². The SMILES string of the molecule is O=C(Nc1ccc(C#CCO)cc1)c1cc(O)ccc1O. The zero-order valence-electron chi connectivity index (χ0n) is 11.0. The molecule has 5 nitrogen and oxygen atoms in total. The highest BCUT2D eigenvalue weighted by Crippen LogP contribution is 2.23. The molecule has 0 saturated carbocycles. The molecule has 0 bridgehead atoms. The summed E-state index contributed by atoms with van der Waals surface area (Å²) < 4.78 is 0. The third-order valence-electron chi connectivity index (χ3n) is 2.68. The highest BCUT2D eigenvalue weighted by atomic mass is 16.3. The number of aromatic hydroxyl groups is 2. The number of phenols is 2. The van der Waals surface area contributed by atoms with E-state index in [1.807, 2.05) is 0 Å². The van der Waals surface area contributed by atoms with Gasteiger partial charge in [0.25, 0.3) is 5.91 Å². The van der Waals surface area contributed by atoms with Gasteiger partial charge in [0.1, 0.15) is 18.1 Å². The Balaban J connectivity index is 2.14. The number of aliphatic hydroxyl groups excluding tert-OH is 1. The Kier molecular flexibility index (Phi) is 4.44. The molecule has 106 valence electrons. The number of carbonyl (C=O) groups excluding carboxylic acids is 1. The molecule has 0 spiro atoms. The van der Waals surface area contributed by atoms with Gasteiger partial charge in [-0.05, 0) is 42.5 Å². The van der Waals surface area contributed by atoms with Gasteiger partial charge in [0, 0.05) is 11.3 Å². The molecule has 0 aliphatic rings. The molecule has 2 aromatic carbocycles. The normalized spacial score (nSPS) is 9.57. The van der Waals surface area contributed by atoms with Gasteiger partial charge in [0.2, 0.25) is 0 Å². The van der Waals surface area contributed by atoms with Gasteiger partial charge in [-0.15, -0.1) is 0 Å². The number of carbonyl (C=O) groups is 1. The number of hydrogen-bond donors (Lipinski definition) is 4. The number of rotatable bonds is 2. The first-order valence-corrected chi connectivity index (χ1v) is 6.13. The van der Waals surface area contributed by atoms with Crippen LogP contribution >= 0.6 is 0 Å². The van der Waals surface area contributed by atoms with E-state index in [4.69, 9.17) is 5.11 Å². The van der Waals surface area contributed by atoms with E-state index in [1.54, 1.807) is 24.3 Å². The largest absolute Gasteiger partial charge is 0.508 e.